The van der Waals surface area contributed by atoms with Crippen LogP contribution in [0.3, 0.4) is 0 Å². The maximum atomic E-state index is 13.3. The van der Waals surface area contributed by atoms with Crippen LogP contribution in [-0.2, 0) is 9.53 Å². The number of fused-ring (bicyclic) bond motifs is 1. The number of aromatic nitrogens is 4. The maximum absolute atomic E-state index is 13.3. The van der Waals surface area contributed by atoms with Crippen molar-refractivity contribution in [1.29, 1.82) is 0 Å². The first-order valence-corrected chi connectivity index (χ1v) is 9.82. The molecule has 31 heavy (non-hydrogen) atoms. The Morgan fingerprint density at radius 1 is 1.16 bits per heavy atom. The Bertz CT molecular complexity index is 1360. The Morgan fingerprint density at radius 3 is 2.68 bits per heavy atom. The topological polar surface area (TPSA) is 87.7 Å². The van der Waals surface area contributed by atoms with Crippen molar-refractivity contribution < 1.29 is 14.3 Å². The molecule has 0 aliphatic heterocycles. The van der Waals surface area contributed by atoms with Crippen LogP contribution in [-0.4, -0.2) is 38.9 Å². The third-order valence-electron chi connectivity index (χ3n) is 4.80. The molecule has 0 spiro atoms. The van der Waals surface area contributed by atoms with E-state index in [1.165, 1.54) is 11.5 Å². The molecule has 1 aromatic carbocycles. The Morgan fingerprint density at radius 2 is 1.94 bits per heavy atom. The number of hydrogen-bond donors (Lipinski definition) is 0. The van der Waals surface area contributed by atoms with Gasteiger partial charge in [0.25, 0.3) is 5.56 Å². The molecule has 0 bridgehead atoms. The summed E-state index contributed by atoms with van der Waals surface area (Å²) < 4.78 is 13.2. The molecular formula is C22H19ClN4O4. The Kier molecular flexibility index (Phi) is 5.48. The number of methoxy groups -OCH3 is 1. The summed E-state index contributed by atoms with van der Waals surface area (Å²) in [5.74, 6) is -0.226. The number of carbonyl (C=O) groups is 1. The van der Waals surface area contributed by atoms with Crippen LogP contribution in [0.2, 0.25) is 5.02 Å². The number of carbonyl (C=O) groups excluding carboxylic acids is 1. The van der Waals surface area contributed by atoms with Gasteiger partial charge in [0.1, 0.15) is 5.69 Å². The molecule has 0 aliphatic carbocycles. The van der Waals surface area contributed by atoms with Crippen molar-refractivity contribution in [2.75, 3.05) is 13.7 Å². The van der Waals surface area contributed by atoms with Crippen LogP contribution < -0.4 is 10.3 Å². The van der Waals surface area contributed by atoms with E-state index in [4.69, 9.17) is 16.3 Å². The van der Waals surface area contributed by atoms with E-state index in [0.717, 1.165) is 11.4 Å². The molecule has 8 nitrogen and oxygen atoms in total. The number of ether oxygens (including phenoxy) is 2. The smallest absolute Gasteiger partial charge is 0.343 e. The van der Waals surface area contributed by atoms with Gasteiger partial charge in [0.05, 0.1) is 29.1 Å². The Labute approximate surface area is 182 Å². The second kappa shape index (κ2) is 8.23. The van der Waals surface area contributed by atoms with Gasteiger partial charge in [-0.15, -0.1) is 0 Å². The van der Waals surface area contributed by atoms with Crippen LogP contribution in [0.1, 0.15) is 11.4 Å². The lowest BCUT2D eigenvalue weighted by Gasteiger charge is -2.11. The first-order valence-electron chi connectivity index (χ1n) is 9.44. The summed E-state index contributed by atoms with van der Waals surface area (Å²) in [5, 5.41) is 5.17. The highest BCUT2D eigenvalue weighted by molar-refractivity contribution is 6.32. The summed E-state index contributed by atoms with van der Waals surface area (Å²) in [6.07, 6.45) is 1.59. The van der Waals surface area contributed by atoms with E-state index in [0.29, 0.717) is 33.4 Å². The summed E-state index contributed by atoms with van der Waals surface area (Å²) in [4.78, 5) is 29.3. The fourth-order valence-electron chi connectivity index (χ4n) is 3.31. The zero-order chi connectivity index (χ0) is 22.1. The molecule has 0 aliphatic rings. The molecule has 0 fully saturated rings. The number of aryl methyl sites for hydroxylation is 2. The van der Waals surface area contributed by atoms with Gasteiger partial charge < -0.3 is 9.47 Å². The number of benzene rings is 1. The quantitative estimate of drug-likeness (QED) is 0.444. The maximum Gasteiger partial charge on any atom is 0.343 e. The third-order valence-corrected chi connectivity index (χ3v) is 5.12. The van der Waals surface area contributed by atoms with Gasteiger partial charge in [-0.3, -0.25) is 9.20 Å². The number of para-hydroxylation sites is 1. The van der Waals surface area contributed by atoms with E-state index in [2.05, 4.69) is 14.8 Å². The highest BCUT2D eigenvalue weighted by Gasteiger charge is 2.19. The van der Waals surface area contributed by atoms with Crippen LogP contribution in [0.15, 0.2) is 53.5 Å². The molecule has 0 atom stereocenters. The van der Waals surface area contributed by atoms with Crippen molar-refractivity contribution in [1.82, 2.24) is 19.2 Å². The van der Waals surface area contributed by atoms with Gasteiger partial charge in [-0.2, -0.15) is 5.10 Å². The fourth-order valence-corrected chi connectivity index (χ4v) is 3.53. The highest BCUT2D eigenvalue weighted by atomic mass is 35.5. The molecule has 3 heterocycles. The number of hydrogen-bond acceptors (Lipinski definition) is 6. The molecule has 3 aromatic heterocycles. The fraction of sp³-hybridized carbons (Fsp3) is 0.182. The Balaban J connectivity index is 1.83. The summed E-state index contributed by atoms with van der Waals surface area (Å²) in [7, 11) is 1.28. The average molecular weight is 439 g/mol. The van der Waals surface area contributed by atoms with Crippen molar-refractivity contribution in [3.05, 3.63) is 75.4 Å². The molecule has 0 N–H and O–H groups in total. The average Bonchev–Trinajstić information content (AvgIpc) is 3.13. The number of pyridine rings is 1. The van der Waals surface area contributed by atoms with Crippen molar-refractivity contribution in [2.24, 2.45) is 0 Å². The van der Waals surface area contributed by atoms with E-state index in [1.54, 1.807) is 36.0 Å². The van der Waals surface area contributed by atoms with Gasteiger partial charge >= 0.3 is 5.97 Å². The summed E-state index contributed by atoms with van der Waals surface area (Å²) in [6.45, 7) is 3.34. The van der Waals surface area contributed by atoms with Crippen molar-refractivity contribution in [2.45, 2.75) is 13.8 Å². The third kappa shape index (κ3) is 3.77. The predicted octanol–water partition coefficient (Wildman–Crippen LogP) is 3.37. The molecule has 4 aromatic rings. The van der Waals surface area contributed by atoms with Gasteiger partial charge in [0, 0.05) is 11.9 Å². The zero-order valence-electron chi connectivity index (χ0n) is 17.1. The predicted molar refractivity (Wildman–Crippen MR) is 116 cm³/mol. The molecule has 0 saturated heterocycles. The lowest BCUT2D eigenvalue weighted by molar-refractivity contribution is -0.142. The van der Waals surface area contributed by atoms with Crippen molar-refractivity contribution >= 4 is 23.2 Å². The van der Waals surface area contributed by atoms with E-state index in [1.807, 2.05) is 31.2 Å². The van der Waals surface area contributed by atoms with Gasteiger partial charge in [0.15, 0.2) is 18.0 Å². The minimum absolute atomic E-state index is 0.283. The van der Waals surface area contributed by atoms with Gasteiger partial charge in [-0.25, -0.2) is 14.5 Å². The van der Waals surface area contributed by atoms with E-state index < -0.39 is 5.97 Å². The summed E-state index contributed by atoms with van der Waals surface area (Å²) in [5.41, 5.74) is 2.90. The lowest BCUT2D eigenvalue weighted by Crippen LogP contribution is -2.20. The first kappa shape index (κ1) is 20.6. The zero-order valence-corrected chi connectivity index (χ0v) is 17.9. The monoisotopic (exact) mass is 438 g/mol. The largest absolute Gasteiger partial charge is 0.478 e. The van der Waals surface area contributed by atoms with Crippen LogP contribution in [0.5, 0.6) is 5.75 Å². The molecule has 4 rings (SSSR count). The Hall–Kier alpha value is -3.65. The minimum Gasteiger partial charge on any atom is -0.478 e. The van der Waals surface area contributed by atoms with Gasteiger partial charge in [0.2, 0.25) is 0 Å². The van der Waals surface area contributed by atoms with Crippen LogP contribution in [0, 0.1) is 13.8 Å². The van der Waals surface area contributed by atoms with Crippen LogP contribution in [0.4, 0.5) is 0 Å². The molecular weight excluding hydrogens is 420 g/mol. The van der Waals surface area contributed by atoms with Gasteiger partial charge in [-0.05, 0) is 44.2 Å². The molecule has 9 heteroatoms. The molecule has 0 saturated carbocycles. The SMILES string of the molecule is COC(=O)COc1cccn2c(=O)c(-c3cc(C)n(-c4ccccc4Cl)n3)c(C)nc12. The van der Waals surface area contributed by atoms with Crippen LogP contribution in [0.25, 0.3) is 22.6 Å². The van der Waals surface area contributed by atoms with Crippen molar-refractivity contribution in [3.8, 4) is 22.7 Å². The van der Waals surface area contributed by atoms with E-state index in [-0.39, 0.29) is 12.2 Å². The number of nitrogens with zero attached hydrogens (tertiary/aromatic N) is 4. The number of rotatable bonds is 5. The molecule has 158 valence electrons. The standard InChI is InChI=1S/C22H19ClN4O4/c1-13-11-16(25-27(13)17-8-5-4-7-15(17)23)20-14(2)24-21-18(31-12-19(28)30-3)9-6-10-26(21)22(20)29/h4-11H,12H2,1-3H3. The van der Waals surface area contributed by atoms with Crippen LogP contribution >= 0.6 is 11.6 Å². The highest BCUT2D eigenvalue weighted by Crippen LogP contribution is 2.26. The van der Waals surface area contributed by atoms with Gasteiger partial charge in [-0.1, -0.05) is 23.7 Å². The second-order valence-electron chi connectivity index (χ2n) is 6.84. The lowest BCUT2D eigenvalue weighted by atomic mass is 10.1. The van der Waals surface area contributed by atoms with Crippen molar-refractivity contribution in [3.63, 3.8) is 0 Å². The van der Waals surface area contributed by atoms with E-state index in [9.17, 15) is 9.59 Å². The normalized spacial score (nSPS) is 11.0. The first-order chi connectivity index (χ1) is 14.9. The molecule has 0 unspecified atom stereocenters. The number of halogens is 1. The molecule has 0 amide bonds. The summed E-state index contributed by atoms with van der Waals surface area (Å²) >= 11 is 6.32. The summed E-state index contributed by atoms with van der Waals surface area (Å²) in [6, 6.07) is 12.5. The van der Waals surface area contributed by atoms with E-state index >= 15 is 0 Å². The molecule has 0 radical (unpaired) electrons. The second-order valence-corrected chi connectivity index (χ2v) is 7.25. The minimum atomic E-state index is -0.529. The number of esters is 1.